The maximum absolute atomic E-state index is 5.98. The first kappa shape index (κ1) is 15.5. The van der Waals surface area contributed by atoms with Gasteiger partial charge in [-0.25, -0.2) is 0 Å². The first-order valence-corrected chi connectivity index (χ1v) is 7.09. The number of methoxy groups -OCH3 is 1. The quantitative estimate of drug-likeness (QED) is 0.632. The number of alkyl halides is 1. The highest BCUT2D eigenvalue weighted by Gasteiger charge is 2.05. The van der Waals surface area contributed by atoms with Crippen LogP contribution in [0.5, 0.6) is 11.5 Å². The number of rotatable bonds is 4. The molecule has 0 spiro atoms. The van der Waals surface area contributed by atoms with E-state index in [2.05, 4.69) is 16.8 Å². The molecule has 0 amide bonds. The Kier molecular flexibility index (Phi) is 5.74. The van der Waals surface area contributed by atoms with Crippen molar-refractivity contribution in [3.8, 4) is 23.3 Å². The zero-order valence-electron chi connectivity index (χ0n) is 11.4. The summed E-state index contributed by atoms with van der Waals surface area (Å²) in [6.07, 6.45) is 3.29. The molecule has 0 saturated heterocycles. The largest absolute Gasteiger partial charge is 0.496 e. The average molecular weight is 322 g/mol. The normalized spacial score (nSPS) is 9.67. The van der Waals surface area contributed by atoms with E-state index in [1.54, 1.807) is 25.6 Å². The highest BCUT2D eigenvalue weighted by Crippen LogP contribution is 2.24. The van der Waals surface area contributed by atoms with E-state index < -0.39 is 0 Å². The van der Waals surface area contributed by atoms with E-state index in [0.29, 0.717) is 17.4 Å². The Labute approximate surface area is 133 Å². The summed E-state index contributed by atoms with van der Waals surface area (Å²) in [5, 5.41) is 0.634. The summed E-state index contributed by atoms with van der Waals surface area (Å²) in [6.45, 7) is 0.331. The van der Waals surface area contributed by atoms with Crippen molar-refractivity contribution in [1.82, 2.24) is 4.98 Å². The summed E-state index contributed by atoms with van der Waals surface area (Å²) in [4.78, 5) is 4.08. The van der Waals surface area contributed by atoms with Crippen molar-refractivity contribution in [1.29, 1.82) is 0 Å². The van der Waals surface area contributed by atoms with Crippen LogP contribution in [0.1, 0.15) is 11.1 Å². The van der Waals surface area contributed by atoms with Gasteiger partial charge in [0.25, 0.3) is 0 Å². The summed E-state index contributed by atoms with van der Waals surface area (Å²) in [6, 6.07) is 7.20. The molecule has 0 aliphatic rings. The predicted molar refractivity (Wildman–Crippen MR) is 84.2 cm³/mol. The van der Waals surface area contributed by atoms with Gasteiger partial charge in [0.2, 0.25) is 0 Å². The van der Waals surface area contributed by atoms with Gasteiger partial charge >= 0.3 is 0 Å². The van der Waals surface area contributed by atoms with Gasteiger partial charge in [-0.3, -0.25) is 4.98 Å². The molecule has 2 aromatic rings. The van der Waals surface area contributed by atoms with Crippen LogP contribution in [0.25, 0.3) is 0 Å². The van der Waals surface area contributed by atoms with Crippen molar-refractivity contribution >= 4 is 23.2 Å². The Morgan fingerprint density at radius 1 is 1.24 bits per heavy atom. The van der Waals surface area contributed by atoms with E-state index in [9.17, 15) is 0 Å². The van der Waals surface area contributed by atoms with Crippen LogP contribution in [0.3, 0.4) is 0 Å². The van der Waals surface area contributed by atoms with Crippen LogP contribution in [0.15, 0.2) is 36.7 Å². The maximum Gasteiger partial charge on any atom is 0.139 e. The topological polar surface area (TPSA) is 31.4 Å². The molecule has 0 aliphatic carbocycles. The number of ether oxygens (including phenoxy) is 2. The van der Waals surface area contributed by atoms with Crippen LogP contribution in [-0.2, 0) is 6.61 Å². The Bertz CT molecular complexity index is 677. The monoisotopic (exact) mass is 321 g/mol. The molecule has 0 fully saturated rings. The molecule has 0 bridgehead atoms. The molecule has 0 unspecified atom stereocenters. The molecule has 1 aromatic carbocycles. The van der Waals surface area contributed by atoms with Crippen LogP contribution < -0.4 is 9.47 Å². The van der Waals surface area contributed by atoms with E-state index in [0.717, 1.165) is 16.9 Å². The van der Waals surface area contributed by atoms with Crippen LogP contribution >= 0.6 is 23.2 Å². The Balaban J connectivity index is 2.11. The Hall–Kier alpha value is -1.89. The van der Waals surface area contributed by atoms with Gasteiger partial charge in [0.05, 0.1) is 19.2 Å². The molecule has 1 aromatic heterocycles. The minimum atomic E-state index is 0.283. The lowest BCUT2D eigenvalue weighted by atomic mass is 10.2. The van der Waals surface area contributed by atoms with E-state index in [1.165, 1.54) is 0 Å². The van der Waals surface area contributed by atoms with Crippen molar-refractivity contribution in [3.05, 3.63) is 52.8 Å². The van der Waals surface area contributed by atoms with E-state index in [1.807, 2.05) is 18.2 Å². The third-order valence-electron chi connectivity index (χ3n) is 2.65. The van der Waals surface area contributed by atoms with Crippen molar-refractivity contribution in [2.24, 2.45) is 0 Å². The molecule has 3 nitrogen and oxygen atoms in total. The van der Waals surface area contributed by atoms with E-state index in [-0.39, 0.29) is 5.88 Å². The Morgan fingerprint density at radius 2 is 2.10 bits per heavy atom. The zero-order chi connectivity index (χ0) is 15.1. The number of aromatic nitrogens is 1. The van der Waals surface area contributed by atoms with E-state index >= 15 is 0 Å². The number of nitrogens with zero attached hydrogens (tertiary/aromatic N) is 1. The van der Waals surface area contributed by atoms with Gasteiger partial charge in [-0.2, -0.15) is 0 Å². The molecule has 108 valence electrons. The first-order chi connectivity index (χ1) is 10.2. The van der Waals surface area contributed by atoms with Crippen LogP contribution in [-0.4, -0.2) is 18.0 Å². The Morgan fingerprint density at radius 3 is 2.86 bits per heavy atom. The molecule has 1 heterocycles. The summed E-state index contributed by atoms with van der Waals surface area (Å²) in [5.41, 5.74) is 1.62. The fraction of sp³-hybridized carbons (Fsp3) is 0.188. The molecule has 21 heavy (non-hydrogen) atoms. The number of hydrogen-bond donors (Lipinski definition) is 0. The lowest BCUT2D eigenvalue weighted by Crippen LogP contribution is -1.99. The molecule has 0 N–H and O–H groups in total. The minimum absolute atomic E-state index is 0.283. The number of benzene rings is 1. The van der Waals surface area contributed by atoms with Crippen molar-refractivity contribution in [2.75, 3.05) is 13.0 Å². The summed E-state index contributed by atoms with van der Waals surface area (Å²) in [7, 11) is 1.61. The molecular weight excluding hydrogens is 309 g/mol. The molecule has 0 aliphatic heterocycles. The van der Waals surface area contributed by atoms with Gasteiger partial charge in [0.1, 0.15) is 18.1 Å². The van der Waals surface area contributed by atoms with Crippen LogP contribution in [0.4, 0.5) is 0 Å². The van der Waals surface area contributed by atoms with Crippen molar-refractivity contribution in [2.45, 2.75) is 6.61 Å². The maximum atomic E-state index is 5.98. The first-order valence-electron chi connectivity index (χ1n) is 6.18. The van der Waals surface area contributed by atoms with Crippen molar-refractivity contribution < 1.29 is 9.47 Å². The number of pyridine rings is 1. The molecule has 2 rings (SSSR count). The lowest BCUT2D eigenvalue weighted by Gasteiger charge is -2.10. The summed E-state index contributed by atoms with van der Waals surface area (Å²) >= 11 is 11.5. The van der Waals surface area contributed by atoms with Gasteiger partial charge in [-0.05, 0) is 24.3 Å². The second kappa shape index (κ2) is 7.78. The second-order valence-corrected chi connectivity index (χ2v) is 4.79. The lowest BCUT2D eigenvalue weighted by molar-refractivity contribution is 0.295. The van der Waals surface area contributed by atoms with Gasteiger partial charge in [0.15, 0.2) is 0 Å². The smallest absolute Gasteiger partial charge is 0.139 e. The van der Waals surface area contributed by atoms with E-state index in [4.69, 9.17) is 32.7 Å². The molecular formula is C16H13Cl2NO2. The highest BCUT2D eigenvalue weighted by atomic mass is 35.5. The fourth-order valence-electron chi connectivity index (χ4n) is 1.72. The molecule has 0 radical (unpaired) electrons. The van der Waals surface area contributed by atoms with Gasteiger partial charge in [-0.15, -0.1) is 11.6 Å². The summed E-state index contributed by atoms with van der Waals surface area (Å²) < 4.78 is 11.0. The van der Waals surface area contributed by atoms with Crippen LogP contribution in [0, 0.1) is 11.8 Å². The molecule has 0 atom stereocenters. The van der Waals surface area contributed by atoms with Gasteiger partial charge in [0, 0.05) is 22.3 Å². The minimum Gasteiger partial charge on any atom is -0.496 e. The third-order valence-corrected chi connectivity index (χ3v) is 3.02. The zero-order valence-corrected chi connectivity index (χ0v) is 12.9. The predicted octanol–water partition coefficient (Wildman–Crippen LogP) is 3.91. The van der Waals surface area contributed by atoms with Gasteiger partial charge in [-0.1, -0.05) is 23.4 Å². The SMILES string of the molecule is COc1ccc(Cl)cc1COc1cncc(C#CCCl)c1. The number of halogens is 2. The number of hydrogen-bond acceptors (Lipinski definition) is 3. The fourth-order valence-corrected chi connectivity index (χ4v) is 1.98. The standard InChI is InChI=1S/C16H13Cl2NO2/c1-20-16-5-4-14(18)8-13(16)11-21-15-7-12(3-2-6-17)9-19-10-15/h4-5,7-10H,6,11H2,1H3. The molecule has 0 saturated carbocycles. The van der Waals surface area contributed by atoms with Crippen LogP contribution in [0.2, 0.25) is 5.02 Å². The van der Waals surface area contributed by atoms with Gasteiger partial charge < -0.3 is 9.47 Å². The average Bonchev–Trinajstić information content (AvgIpc) is 2.51. The highest BCUT2D eigenvalue weighted by molar-refractivity contribution is 6.30. The summed E-state index contributed by atoms with van der Waals surface area (Å²) in [5.74, 6) is 7.30. The van der Waals surface area contributed by atoms with Crippen molar-refractivity contribution in [3.63, 3.8) is 0 Å². The second-order valence-electron chi connectivity index (χ2n) is 4.09. The molecule has 5 heteroatoms. The third kappa shape index (κ3) is 4.56.